The monoisotopic (exact) mass is 535 g/mol. The van der Waals surface area contributed by atoms with Gasteiger partial charge in [-0.1, -0.05) is 80.1 Å². The van der Waals surface area contributed by atoms with Crippen LogP contribution in [0.4, 0.5) is 5.69 Å². The highest BCUT2D eigenvalue weighted by atomic mass is 32.2. The molecule has 38 heavy (non-hydrogen) atoms. The summed E-state index contributed by atoms with van der Waals surface area (Å²) in [5, 5.41) is 2.90. The maximum absolute atomic E-state index is 13.9. The molecule has 0 spiro atoms. The van der Waals surface area contributed by atoms with E-state index < -0.39 is 28.5 Å². The summed E-state index contributed by atoms with van der Waals surface area (Å²) in [6.07, 6.45) is 1.73. The molecular formula is C30H37N3O4S. The SMILES string of the molecule is CCCNC(=O)[C@H](CC)N(CCc1ccccc1)C(=O)CN(c1ccccc1)S(=O)(=O)c1ccc(C)cc1. The third kappa shape index (κ3) is 7.44. The maximum atomic E-state index is 13.9. The molecule has 0 unspecified atom stereocenters. The number of carbonyl (C=O) groups is 2. The first-order valence-electron chi connectivity index (χ1n) is 13.0. The summed E-state index contributed by atoms with van der Waals surface area (Å²) in [7, 11) is -4.05. The third-order valence-electron chi connectivity index (χ3n) is 6.35. The minimum atomic E-state index is -4.05. The molecule has 0 aromatic heterocycles. The summed E-state index contributed by atoms with van der Waals surface area (Å²) in [6, 6.07) is 24.2. The van der Waals surface area contributed by atoms with Crippen LogP contribution in [0.5, 0.6) is 0 Å². The smallest absolute Gasteiger partial charge is 0.264 e. The lowest BCUT2D eigenvalue weighted by atomic mass is 10.1. The quantitative estimate of drug-likeness (QED) is 0.348. The Morgan fingerprint density at radius 1 is 0.868 bits per heavy atom. The fourth-order valence-corrected chi connectivity index (χ4v) is 5.64. The molecule has 0 heterocycles. The Bertz CT molecular complexity index is 1280. The molecule has 0 aliphatic rings. The molecule has 8 heteroatoms. The number of amides is 2. The molecule has 0 aliphatic carbocycles. The summed E-state index contributed by atoms with van der Waals surface area (Å²) in [5.41, 5.74) is 2.34. The Morgan fingerprint density at radius 2 is 1.47 bits per heavy atom. The normalized spacial score (nSPS) is 12.0. The van der Waals surface area contributed by atoms with Gasteiger partial charge in [-0.05, 0) is 56.0 Å². The van der Waals surface area contributed by atoms with E-state index >= 15 is 0 Å². The average Bonchev–Trinajstić information content (AvgIpc) is 2.93. The van der Waals surface area contributed by atoms with Crippen molar-refractivity contribution >= 4 is 27.5 Å². The zero-order chi connectivity index (χ0) is 27.5. The highest BCUT2D eigenvalue weighted by Crippen LogP contribution is 2.24. The van der Waals surface area contributed by atoms with E-state index in [1.54, 1.807) is 54.6 Å². The molecule has 0 saturated heterocycles. The summed E-state index contributed by atoms with van der Waals surface area (Å²) < 4.78 is 28.7. The minimum Gasteiger partial charge on any atom is -0.354 e. The number of benzene rings is 3. The van der Waals surface area contributed by atoms with E-state index in [2.05, 4.69) is 5.32 Å². The van der Waals surface area contributed by atoms with E-state index in [-0.39, 0.29) is 17.3 Å². The second kappa shape index (κ2) is 13.8. The molecule has 3 rings (SSSR count). The lowest BCUT2D eigenvalue weighted by molar-refractivity contribution is -0.139. The van der Waals surface area contributed by atoms with E-state index in [9.17, 15) is 18.0 Å². The summed E-state index contributed by atoms with van der Waals surface area (Å²) in [6.45, 7) is 6.08. The van der Waals surface area contributed by atoms with Gasteiger partial charge in [-0.15, -0.1) is 0 Å². The molecule has 0 radical (unpaired) electrons. The number of nitrogens with one attached hydrogen (secondary N) is 1. The van der Waals surface area contributed by atoms with Gasteiger partial charge in [0.25, 0.3) is 10.0 Å². The van der Waals surface area contributed by atoms with Crippen molar-refractivity contribution in [1.29, 1.82) is 0 Å². The van der Waals surface area contributed by atoms with Crippen LogP contribution in [0.25, 0.3) is 0 Å². The van der Waals surface area contributed by atoms with Crippen LogP contribution in [0.3, 0.4) is 0 Å². The molecule has 0 fully saturated rings. The van der Waals surface area contributed by atoms with Crippen LogP contribution in [0.1, 0.15) is 37.8 Å². The second-order valence-corrected chi connectivity index (χ2v) is 11.1. The number of para-hydroxylation sites is 1. The van der Waals surface area contributed by atoms with Gasteiger partial charge in [0, 0.05) is 13.1 Å². The van der Waals surface area contributed by atoms with E-state index in [0.29, 0.717) is 25.1 Å². The number of rotatable bonds is 13. The molecule has 3 aromatic rings. The molecule has 7 nitrogen and oxygen atoms in total. The Kier molecular flexibility index (Phi) is 10.5. The van der Waals surface area contributed by atoms with Crippen LogP contribution < -0.4 is 9.62 Å². The van der Waals surface area contributed by atoms with E-state index in [4.69, 9.17) is 0 Å². The van der Waals surface area contributed by atoms with Crippen molar-refractivity contribution < 1.29 is 18.0 Å². The van der Waals surface area contributed by atoms with E-state index in [0.717, 1.165) is 21.9 Å². The van der Waals surface area contributed by atoms with Crippen LogP contribution in [0, 0.1) is 6.92 Å². The van der Waals surface area contributed by atoms with Crippen molar-refractivity contribution in [3.05, 3.63) is 96.1 Å². The Morgan fingerprint density at radius 3 is 2.05 bits per heavy atom. The Labute approximate surface area is 226 Å². The molecule has 0 saturated carbocycles. The summed E-state index contributed by atoms with van der Waals surface area (Å²) in [5.74, 6) is -0.664. The van der Waals surface area contributed by atoms with E-state index in [1.165, 1.54) is 4.90 Å². The first kappa shape index (κ1) is 28.9. The van der Waals surface area contributed by atoms with Crippen LogP contribution >= 0.6 is 0 Å². The van der Waals surface area contributed by atoms with Gasteiger partial charge in [-0.25, -0.2) is 8.42 Å². The topological polar surface area (TPSA) is 86.8 Å². The van der Waals surface area contributed by atoms with Gasteiger partial charge in [0.05, 0.1) is 10.6 Å². The van der Waals surface area contributed by atoms with Crippen molar-refractivity contribution in [2.24, 2.45) is 0 Å². The van der Waals surface area contributed by atoms with Crippen molar-refractivity contribution in [1.82, 2.24) is 10.2 Å². The number of carbonyl (C=O) groups excluding carboxylic acids is 2. The molecule has 0 bridgehead atoms. The molecule has 2 amide bonds. The third-order valence-corrected chi connectivity index (χ3v) is 8.14. The lowest BCUT2D eigenvalue weighted by Crippen LogP contribution is -2.53. The molecule has 1 N–H and O–H groups in total. The average molecular weight is 536 g/mol. The van der Waals surface area contributed by atoms with E-state index in [1.807, 2.05) is 51.1 Å². The summed E-state index contributed by atoms with van der Waals surface area (Å²) in [4.78, 5) is 28.6. The van der Waals surface area contributed by atoms with Gasteiger partial charge in [-0.3, -0.25) is 13.9 Å². The fraction of sp³-hybridized carbons (Fsp3) is 0.333. The maximum Gasteiger partial charge on any atom is 0.264 e. The first-order chi connectivity index (χ1) is 18.3. The van der Waals surface area contributed by atoms with Crippen molar-refractivity contribution in [2.45, 2.75) is 51.0 Å². The van der Waals surface area contributed by atoms with Gasteiger partial charge < -0.3 is 10.2 Å². The van der Waals surface area contributed by atoms with Crippen molar-refractivity contribution in [2.75, 3.05) is 23.9 Å². The largest absolute Gasteiger partial charge is 0.354 e. The Hall–Kier alpha value is -3.65. The number of hydrogen-bond donors (Lipinski definition) is 1. The van der Waals surface area contributed by atoms with Gasteiger partial charge in [0.2, 0.25) is 11.8 Å². The number of sulfonamides is 1. The van der Waals surface area contributed by atoms with Crippen LogP contribution in [0.2, 0.25) is 0 Å². The number of nitrogens with zero attached hydrogens (tertiary/aromatic N) is 2. The van der Waals surface area contributed by atoms with Gasteiger partial charge in [0.1, 0.15) is 12.6 Å². The molecule has 1 atom stereocenters. The van der Waals surface area contributed by atoms with Gasteiger partial charge in [0.15, 0.2) is 0 Å². The van der Waals surface area contributed by atoms with Gasteiger partial charge >= 0.3 is 0 Å². The summed E-state index contributed by atoms with van der Waals surface area (Å²) >= 11 is 0. The highest BCUT2D eigenvalue weighted by Gasteiger charge is 2.33. The predicted molar refractivity (Wildman–Crippen MR) is 151 cm³/mol. The molecular weight excluding hydrogens is 498 g/mol. The molecule has 202 valence electrons. The zero-order valence-electron chi connectivity index (χ0n) is 22.3. The standard InChI is InChI=1S/C30H37N3O4S/c1-4-21-31-30(35)28(5-2)32(22-20-25-12-8-6-9-13-25)29(34)23-33(26-14-10-7-11-15-26)38(36,37)27-18-16-24(3)17-19-27/h6-19,28H,4-5,20-23H2,1-3H3,(H,31,35)/t28-/m0/s1. The number of aryl methyl sites for hydroxylation is 1. The second-order valence-electron chi connectivity index (χ2n) is 9.20. The molecule has 0 aliphatic heterocycles. The van der Waals surface area contributed by atoms with Crippen molar-refractivity contribution in [3.8, 4) is 0 Å². The predicted octanol–water partition coefficient (Wildman–Crippen LogP) is 4.57. The number of hydrogen-bond acceptors (Lipinski definition) is 4. The van der Waals surface area contributed by atoms with Crippen LogP contribution in [0.15, 0.2) is 89.8 Å². The Balaban J connectivity index is 1.96. The van der Waals surface area contributed by atoms with Crippen molar-refractivity contribution in [3.63, 3.8) is 0 Å². The number of anilines is 1. The first-order valence-corrected chi connectivity index (χ1v) is 14.5. The minimum absolute atomic E-state index is 0.100. The van der Waals surface area contributed by atoms with Crippen LogP contribution in [-0.2, 0) is 26.0 Å². The van der Waals surface area contributed by atoms with Crippen LogP contribution in [-0.4, -0.2) is 50.8 Å². The highest BCUT2D eigenvalue weighted by molar-refractivity contribution is 7.92. The fourth-order valence-electron chi connectivity index (χ4n) is 4.22. The zero-order valence-corrected chi connectivity index (χ0v) is 23.2. The van der Waals surface area contributed by atoms with Gasteiger partial charge in [-0.2, -0.15) is 0 Å². The lowest BCUT2D eigenvalue weighted by Gasteiger charge is -2.33. The molecule has 3 aromatic carbocycles.